The molecule has 0 unspecified atom stereocenters. The van der Waals surface area contributed by atoms with Crippen molar-refractivity contribution in [3.8, 4) is 11.3 Å². The van der Waals surface area contributed by atoms with E-state index in [1.165, 1.54) is 30.0 Å². The van der Waals surface area contributed by atoms with Gasteiger partial charge in [-0.25, -0.2) is 9.97 Å². The predicted octanol–water partition coefficient (Wildman–Crippen LogP) is 3.40. The Balaban J connectivity index is 1.45. The Bertz CT molecular complexity index is 946. The van der Waals surface area contributed by atoms with Gasteiger partial charge >= 0.3 is 0 Å². The largest absolute Gasteiger partial charge is 0.306 e. The van der Waals surface area contributed by atoms with E-state index in [0.717, 1.165) is 24.1 Å². The number of carbonyl (C=O) groups excluding carboxylic acids is 1. The number of fused-ring (bicyclic) bond motifs is 1. The number of H-pyrrole nitrogens is 1. The van der Waals surface area contributed by atoms with Crippen molar-refractivity contribution in [3.05, 3.63) is 65.8 Å². The number of aromatic nitrogens is 4. The Hall–Kier alpha value is -3.28. The molecule has 0 aliphatic heterocycles. The number of amides is 1. The van der Waals surface area contributed by atoms with Crippen LogP contribution in [0.5, 0.6) is 0 Å². The zero-order valence-electron chi connectivity index (χ0n) is 14.3. The maximum atomic E-state index is 12.0. The second-order valence-electron chi connectivity index (χ2n) is 6.29. The van der Waals surface area contributed by atoms with Gasteiger partial charge in [0.25, 0.3) is 0 Å². The van der Waals surface area contributed by atoms with Gasteiger partial charge in [-0.3, -0.25) is 9.89 Å². The lowest BCUT2D eigenvalue weighted by Gasteiger charge is -2.16. The minimum absolute atomic E-state index is 0.277. The highest BCUT2D eigenvalue weighted by atomic mass is 16.1. The first-order valence-electron chi connectivity index (χ1n) is 8.71. The predicted molar refractivity (Wildman–Crippen MR) is 100 cm³/mol. The van der Waals surface area contributed by atoms with Crippen molar-refractivity contribution >= 4 is 17.8 Å². The first kappa shape index (κ1) is 16.2. The van der Waals surface area contributed by atoms with Gasteiger partial charge < -0.3 is 5.32 Å². The van der Waals surface area contributed by atoms with Gasteiger partial charge in [0.15, 0.2) is 11.6 Å². The summed E-state index contributed by atoms with van der Waals surface area (Å²) in [5, 5.41) is 9.91. The van der Waals surface area contributed by atoms with E-state index < -0.39 is 0 Å². The Labute approximate surface area is 151 Å². The van der Waals surface area contributed by atoms with Gasteiger partial charge in [0.05, 0.1) is 5.69 Å². The van der Waals surface area contributed by atoms with Crippen LogP contribution in [0.3, 0.4) is 0 Å². The van der Waals surface area contributed by atoms with Crippen molar-refractivity contribution in [2.45, 2.75) is 25.7 Å². The number of nitrogens with one attached hydrogen (secondary N) is 2. The third-order valence-electron chi connectivity index (χ3n) is 4.46. The number of rotatable bonds is 4. The van der Waals surface area contributed by atoms with Crippen LogP contribution in [0.15, 0.2) is 48.8 Å². The summed E-state index contributed by atoms with van der Waals surface area (Å²) in [6, 6.07) is 10.1. The highest BCUT2D eigenvalue weighted by molar-refractivity contribution is 6.01. The lowest BCUT2D eigenvalue weighted by Crippen LogP contribution is -2.08. The molecule has 0 fully saturated rings. The van der Waals surface area contributed by atoms with Crippen molar-refractivity contribution < 1.29 is 4.79 Å². The molecule has 6 nitrogen and oxygen atoms in total. The minimum Gasteiger partial charge on any atom is -0.306 e. The summed E-state index contributed by atoms with van der Waals surface area (Å²) >= 11 is 0. The molecule has 6 heteroatoms. The lowest BCUT2D eigenvalue weighted by molar-refractivity contribution is -0.111. The smallest absolute Gasteiger partial charge is 0.249 e. The summed E-state index contributed by atoms with van der Waals surface area (Å²) in [4.78, 5) is 20.1. The van der Waals surface area contributed by atoms with E-state index in [1.54, 1.807) is 24.5 Å². The number of hydrogen-bond donors (Lipinski definition) is 2. The molecule has 0 radical (unpaired) electrons. The van der Waals surface area contributed by atoms with Gasteiger partial charge in [-0.05, 0) is 60.6 Å². The zero-order chi connectivity index (χ0) is 17.8. The van der Waals surface area contributed by atoms with E-state index >= 15 is 0 Å². The molecule has 1 aliphatic carbocycles. The lowest BCUT2D eigenvalue weighted by atomic mass is 9.90. The molecule has 1 aromatic carbocycles. The van der Waals surface area contributed by atoms with Gasteiger partial charge in [-0.1, -0.05) is 12.1 Å². The van der Waals surface area contributed by atoms with Crippen LogP contribution in [0.25, 0.3) is 17.3 Å². The molecule has 2 N–H and O–H groups in total. The molecular weight excluding hydrogens is 326 g/mol. The number of aryl methyl sites for hydroxylation is 2. The fourth-order valence-corrected chi connectivity index (χ4v) is 3.15. The van der Waals surface area contributed by atoms with Crippen LogP contribution in [-0.2, 0) is 17.6 Å². The third-order valence-corrected chi connectivity index (χ3v) is 4.46. The molecule has 0 saturated heterocycles. The normalized spacial score (nSPS) is 13.5. The summed E-state index contributed by atoms with van der Waals surface area (Å²) in [5.41, 5.74) is 4.84. The van der Waals surface area contributed by atoms with Crippen molar-refractivity contribution in [2.75, 3.05) is 5.32 Å². The number of anilines is 1. The fourth-order valence-electron chi connectivity index (χ4n) is 3.15. The SMILES string of the molecule is O=C(/C=C/c1ncccn1)Nc1cc(-c2ccc3c(c2)CCCC3)[nH]n1. The average molecular weight is 345 g/mol. The molecule has 1 amide bonds. The number of aromatic amines is 1. The molecule has 3 aromatic rings. The maximum absolute atomic E-state index is 12.0. The zero-order valence-corrected chi connectivity index (χ0v) is 14.3. The van der Waals surface area contributed by atoms with E-state index in [2.05, 4.69) is 43.7 Å². The number of benzene rings is 1. The molecule has 2 heterocycles. The number of carbonyl (C=O) groups is 1. The first-order chi connectivity index (χ1) is 12.8. The van der Waals surface area contributed by atoms with E-state index in [1.807, 2.05) is 6.07 Å². The van der Waals surface area contributed by atoms with E-state index in [-0.39, 0.29) is 5.91 Å². The molecule has 4 rings (SSSR count). The highest BCUT2D eigenvalue weighted by Gasteiger charge is 2.12. The summed E-state index contributed by atoms with van der Waals surface area (Å²) in [6.07, 6.45) is 11.0. The molecule has 130 valence electrons. The number of nitrogens with zero attached hydrogens (tertiary/aromatic N) is 3. The Morgan fingerprint density at radius 2 is 1.88 bits per heavy atom. The molecule has 1 aliphatic rings. The second-order valence-corrected chi connectivity index (χ2v) is 6.29. The van der Waals surface area contributed by atoms with Crippen LogP contribution < -0.4 is 5.32 Å². The summed E-state index contributed by atoms with van der Waals surface area (Å²) in [6.45, 7) is 0. The fraction of sp³-hybridized carbons (Fsp3) is 0.200. The Morgan fingerprint density at radius 3 is 2.73 bits per heavy atom. The quantitative estimate of drug-likeness (QED) is 0.710. The van der Waals surface area contributed by atoms with Gasteiger partial charge in [-0.15, -0.1) is 0 Å². The van der Waals surface area contributed by atoms with E-state index in [9.17, 15) is 4.79 Å². The third kappa shape index (κ3) is 3.69. The molecule has 2 aromatic heterocycles. The van der Waals surface area contributed by atoms with Crippen molar-refractivity contribution in [1.82, 2.24) is 20.2 Å². The van der Waals surface area contributed by atoms with Crippen LogP contribution in [0.4, 0.5) is 5.82 Å². The van der Waals surface area contributed by atoms with Gasteiger partial charge in [0.2, 0.25) is 5.91 Å². The monoisotopic (exact) mass is 345 g/mol. The van der Waals surface area contributed by atoms with E-state index in [0.29, 0.717) is 11.6 Å². The summed E-state index contributed by atoms with van der Waals surface area (Å²) in [7, 11) is 0. The maximum Gasteiger partial charge on any atom is 0.249 e. The van der Waals surface area contributed by atoms with Crippen LogP contribution in [-0.4, -0.2) is 26.1 Å². The van der Waals surface area contributed by atoms with Crippen molar-refractivity contribution in [3.63, 3.8) is 0 Å². The van der Waals surface area contributed by atoms with Crippen LogP contribution >= 0.6 is 0 Å². The highest BCUT2D eigenvalue weighted by Crippen LogP contribution is 2.27. The molecule has 0 atom stereocenters. The molecular formula is C20H19N5O. The standard InChI is InChI=1S/C20H19N5O/c26-20(9-8-18-21-10-3-11-22-18)23-19-13-17(24-25-19)16-7-6-14-4-1-2-5-15(14)12-16/h3,6-13H,1-2,4-5H2,(H2,23,24,25,26)/b9-8+. The molecule has 0 bridgehead atoms. The second kappa shape index (κ2) is 7.31. The van der Waals surface area contributed by atoms with Gasteiger partial charge in [-0.2, -0.15) is 5.10 Å². The Morgan fingerprint density at radius 1 is 1.08 bits per heavy atom. The summed E-state index contributed by atoms with van der Waals surface area (Å²) < 4.78 is 0. The van der Waals surface area contributed by atoms with Gasteiger partial charge in [0.1, 0.15) is 0 Å². The molecule has 0 saturated carbocycles. The van der Waals surface area contributed by atoms with Gasteiger partial charge in [0, 0.05) is 24.5 Å². The van der Waals surface area contributed by atoms with Crippen LogP contribution in [0.2, 0.25) is 0 Å². The minimum atomic E-state index is -0.277. The van der Waals surface area contributed by atoms with Crippen molar-refractivity contribution in [1.29, 1.82) is 0 Å². The Kier molecular flexibility index (Phi) is 4.55. The van der Waals surface area contributed by atoms with E-state index in [4.69, 9.17) is 0 Å². The number of hydrogen-bond acceptors (Lipinski definition) is 4. The molecule has 0 spiro atoms. The van der Waals surface area contributed by atoms with Crippen LogP contribution in [0, 0.1) is 0 Å². The average Bonchev–Trinajstić information content (AvgIpc) is 3.15. The van der Waals surface area contributed by atoms with Crippen molar-refractivity contribution in [2.24, 2.45) is 0 Å². The summed E-state index contributed by atoms with van der Waals surface area (Å²) in [5.74, 6) is 0.696. The van der Waals surface area contributed by atoms with Crippen LogP contribution in [0.1, 0.15) is 29.8 Å². The topological polar surface area (TPSA) is 83.6 Å². The molecule has 26 heavy (non-hydrogen) atoms. The first-order valence-corrected chi connectivity index (χ1v) is 8.71.